The lowest BCUT2D eigenvalue weighted by atomic mass is 10.1. The van der Waals surface area contributed by atoms with E-state index in [0.717, 1.165) is 21.8 Å². The van der Waals surface area contributed by atoms with E-state index in [4.69, 9.17) is 16.3 Å². The topological polar surface area (TPSA) is 59.5 Å². The van der Waals surface area contributed by atoms with Gasteiger partial charge in [-0.2, -0.15) is 0 Å². The number of aromatic nitrogens is 1. The van der Waals surface area contributed by atoms with Crippen LogP contribution >= 0.6 is 22.9 Å². The number of Topliss-reactive ketones (excluding diaryl/α,β-unsaturated/α-hetero) is 1. The highest BCUT2D eigenvalue weighted by molar-refractivity contribution is 7.13. The van der Waals surface area contributed by atoms with Gasteiger partial charge in [-0.3, -0.25) is 14.5 Å². The molecule has 1 aliphatic rings. The molecule has 0 N–H and O–H groups in total. The number of thiazole rings is 1. The van der Waals surface area contributed by atoms with Crippen molar-refractivity contribution in [1.29, 1.82) is 0 Å². The molecule has 0 radical (unpaired) electrons. The molecule has 0 atom stereocenters. The Kier molecular flexibility index (Phi) is 4.68. The second kappa shape index (κ2) is 7.13. The van der Waals surface area contributed by atoms with Crippen LogP contribution in [0.15, 0.2) is 47.8 Å². The fraction of sp³-hybridized carbons (Fsp3) is 0.150. The number of nitrogens with zero attached hydrogens (tertiary/aromatic N) is 2. The van der Waals surface area contributed by atoms with Crippen LogP contribution in [0.5, 0.6) is 5.75 Å². The molecule has 136 valence electrons. The molecule has 0 fully saturated rings. The van der Waals surface area contributed by atoms with Gasteiger partial charge in [-0.05, 0) is 31.2 Å². The van der Waals surface area contributed by atoms with Gasteiger partial charge in [0.05, 0.1) is 22.9 Å². The molecule has 5 nitrogen and oxygen atoms in total. The minimum atomic E-state index is -0.232. The van der Waals surface area contributed by atoms with Crippen LogP contribution in [-0.2, 0) is 9.59 Å². The highest BCUT2D eigenvalue weighted by Crippen LogP contribution is 2.38. The zero-order valence-electron chi connectivity index (χ0n) is 14.4. The number of anilines is 1. The van der Waals surface area contributed by atoms with E-state index in [1.807, 2.05) is 41.8 Å². The number of carbonyl (C=O) groups is 2. The molecule has 1 aliphatic heterocycles. The Hall–Kier alpha value is -2.70. The minimum Gasteiger partial charge on any atom is -0.482 e. The molecule has 27 heavy (non-hydrogen) atoms. The van der Waals surface area contributed by atoms with Crippen molar-refractivity contribution in [3.63, 3.8) is 0 Å². The third-order valence-electron chi connectivity index (χ3n) is 4.19. The van der Waals surface area contributed by atoms with Crippen molar-refractivity contribution < 1.29 is 14.3 Å². The smallest absolute Gasteiger partial charge is 0.265 e. The van der Waals surface area contributed by atoms with Gasteiger partial charge in [0, 0.05) is 16.5 Å². The number of ether oxygens (including phenoxy) is 1. The molecule has 0 aliphatic carbocycles. The summed E-state index contributed by atoms with van der Waals surface area (Å²) < 4.78 is 5.49. The number of carbonyl (C=O) groups excluding carboxylic acids is 2. The summed E-state index contributed by atoms with van der Waals surface area (Å²) in [5, 5.41) is 3.41. The Balaban J connectivity index is 1.72. The van der Waals surface area contributed by atoms with Gasteiger partial charge in [-0.1, -0.05) is 29.8 Å². The first-order valence-electron chi connectivity index (χ1n) is 8.30. The van der Waals surface area contributed by atoms with E-state index in [1.54, 1.807) is 6.07 Å². The van der Waals surface area contributed by atoms with Crippen molar-refractivity contribution in [2.24, 2.45) is 0 Å². The Morgan fingerprint density at radius 2 is 2.11 bits per heavy atom. The average Bonchev–Trinajstić information content (AvgIpc) is 3.14. The van der Waals surface area contributed by atoms with Crippen molar-refractivity contribution in [3.05, 3.63) is 52.9 Å². The molecule has 2 heterocycles. The van der Waals surface area contributed by atoms with Crippen LogP contribution in [0.25, 0.3) is 21.8 Å². The van der Waals surface area contributed by atoms with Crippen LogP contribution in [0.1, 0.15) is 6.92 Å². The first-order chi connectivity index (χ1) is 13.0. The molecule has 0 spiro atoms. The number of hydrogen-bond donors (Lipinski definition) is 0. The van der Waals surface area contributed by atoms with Crippen LogP contribution < -0.4 is 9.64 Å². The van der Waals surface area contributed by atoms with Crippen molar-refractivity contribution in [2.75, 3.05) is 18.1 Å². The van der Waals surface area contributed by atoms with Crippen LogP contribution in [0, 0.1) is 0 Å². The Labute approximate surface area is 165 Å². The van der Waals surface area contributed by atoms with Crippen LogP contribution in [-0.4, -0.2) is 29.8 Å². The van der Waals surface area contributed by atoms with Gasteiger partial charge in [0.1, 0.15) is 16.5 Å². The van der Waals surface area contributed by atoms with Crippen LogP contribution in [0.2, 0.25) is 5.02 Å². The van der Waals surface area contributed by atoms with E-state index in [2.05, 4.69) is 4.98 Å². The summed E-state index contributed by atoms with van der Waals surface area (Å²) in [4.78, 5) is 29.9. The van der Waals surface area contributed by atoms with E-state index < -0.39 is 0 Å². The normalized spacial score (nSPS) is 13.3. The summed E-state index contributed by atoms with van der Waals surface area (Å²) in [6.07, 6.45) is 0. The van der Waals surface area contributed by atoms with Crippen molar-refractivity contribution in [3.8, 4) is 27.6 Å². The summed E-state index contributed by atoms with van der Waals surface area (Å²) in [5.41, 5.74) is 3.09. The van der Waals surface area contributed by atoms with E-state index in [9.17, 15) is 9.59 Å². The van der Waals surface area contributed by atoms with Crippen LogP contribution in [0.3, 0.4) is 0 Å². The number of fused-ring (bicyclic) bond motifs is 1. The molecule has 1 aromatic heterocycles. The number of halogens is 1. The highest BCUT2D eigenvalue weighted by atomic mass is 35.5. The molecule has 7 heteroatoms. The Morgan fingerprint density at radius 1 is 1.30 bits per heavy atom. The molecule has 3 aromatic rings. The molecular formula is C20H15ClN2O3S. The number of hydrogen-bond acceptors (Lipinski definition) is 5. The number of ketones is 1. The Bertz CT molecular complexity index is 1050. The first-order valence-corrected chi connectivity index (χ1v) is 9.56. The quantitative estimate of drug-likeness (QED) is 0.651. The fourth-order valence-electron chi connectivity index (χ4n) is 2.92. The number of rotatable bonds is 4. The molecule has 0 bridgehead atoms. The van der Waals surface area contributed by atoms with Crippen molar-refractivity contribution >= 4 is 40.3 Å². The monoisotopic (exact) mass is 398 g/mol. The molecular weight excluding hydrogens is 384 g/mol. The summed E-state index contributed by atoms with van der Waals surface area (Å²) in [6.45, 7) is 1.43. The van der Waals surface area contributed by atoms with Gasteiger partial charge in [0.25, 0.3) is 5.91 Å². The SMILES string of the molecule is CC(=O)CN1C(=O)COc2ccc(-c3csc(-c4ccccc4Cl)n3)cc21. The largest absolute Gasteiger partial charge is 0.482 e. The average molecular weight is 399 g/mol. The fourth-order valence-corrected chi connectivity index (χ4v) is 4.07. The summed E-state index contributed by atoms with van der Waals surface area (Å²) in [6, 6.07) is 13.1. The maximum absolute atomic E-state index is 12.2. The number of amides is 1. The third-order valence-corrected chi connectivity index (χ3v) is 5.39. The van der Waals surface area contributed by atoms with E-state index in [-0.39, 0.29) is 24.8 Å². The van der Waals surface area contributed by atoms with Gasteiger partial charge in [0.2, 0.25) is 0 Å². The standard InChI is InChI=1S/C20H15ClN2O3S/c1-12(24)9-23-17-8-13(6-7-18(17)26-10-19(23)25)16-11-27-20(22-16)14-4-2-3-5-15(14)21/h2-8,11H,9-10H2,1H3. The van der Waals surface area contributed by atoms with Crippen LogP contribution in [0.4, 0.5) is 5.69 Å². The maximum atomic E-state index is 12.2. The van der Waals surface area contributed by atoms with Crippen molar-refractivity contribution in [2.45, 2.75) is 6.92 Å². The lowest BCUT2D eigenvalue weighted by Crippen LogP contribution is -2.41. The molecule has 0 unspecified atom stereocenters. The maximum Gasteiger partial charge on any atom is 0.265 e. The summed E-state index contributed by atoms with van der Waals surface area (Å²) in [7, 11) is 0. The predicted molar refractivity (Wildman–Crippen MR) is 107 cm³/mol. The second-order valence-corrected chi connectivity index (χ2v) is 7.44. The number of benzene rings is 2. The Morgan fingerprint density at radius 3 is 2.89 bits per heavy atom. The highest BCUT2D eigenvalue weighted by Gasteiger charge is 2.27. The summed E-state index contributed by atoms with van der Waals surface area (Å²) in [5.74, 6) is 0.266. The molecule has 4 rings (SSSR count). The van der Waals surface area contributed by atoms with Gasteiger partial charge in [-0.25, -0.2) is 4.98 Å². The van der Waals surface area contributed by atoms with E-state index in [0.29, 0.717) is 16.5 Å². The second-order valence-electron chi connectivity index (χ2n) is 6.17. The lowest BCUT2D eigenvalue weighted by molar-refractivity contribution is -0.123. The van der Waals surface area contributed by atoms with Gasteiger partial charge >= 0.3 is 0 Å². The molecule has 0 saturated heterocycles. The first kappa shape index (κ1) is 17.7. The molecule has 1 amide bonds. The van der Waals surface area contributed by atoms with Gasteiger partial charge in [0.15, 0.2) is 6.61 Å². The molecule has 0 saturated carbocycles. The zero-order chi connectivity index (χ0) is 19.0. The minimum absolute atomic E-state index is 0.0284. The predicted octanol–water partition coefficient (Wildman–Crippen LogP) is 4.44. The van der Waals surface area contributed by atoms with Crippen molar-refractivity contribution in [1.82, 2.24) is 4.98 Å². The molecule has 2 aromatic carbocycles. The van der Waals surface area contributed by atoms with E-state index >= 15 is 0 Å². The zero-order valence-corrected chi connectivity index (χ0v) is 16.0. The third kappa shape index (κ3) is 3.46. The van der Waals surface area contributed by atoms with Gasteiger partial charge in [-0.15, -0.1) is 11.3 Å². The van der Waals surface area contributed by atoms with E-state index in [1.165, 1.54) is 23.2 Å². The lowest BCUT2D eigenvalue weighted by Gasteiger charge is -2.28. The summed E-state index contributed by atoms with van der Waals surface area (Å²) >= 11 is 7.77. The van der Waals surface area contributed by atoms with Gasteiger partial charge < -0.3 is 4.74 Å².